The number of ether oxygens (including phenoxy) is 1. The van der Waals surface area contributed by atoms with E-state index in [4.69, 9.17) is 4.74 Å². The zero-order chi connectivity index (χ0) is 12.4. The van der Waals surface area contributed by atoms with Gasteiger partial charge < -0.3 is 10.1 Å². The van der Waals surface area contributed by atoms with Crippen molar-refractivity contribution < 1.29 is 4.74 Å². The van der Waals surface area contributed by atoms with Crippen LogP contribution in [0.25, 0.3) is 0 Å². The minimum atomic E-state index is 0.134. The zero-order valence-electron chi connectivity index (χ0n) is 10.5. The Kier molecular flexibility index (Phi) is 3.02. The summed E-state index contributed by atoms with van der Waals surface area (Å²) in [6, 6.07) is 8.51. The molecular weight excluding hydrogens is 226 g/mol. The van der Waals surface area contributed by atoms with Gasteiger partial charge in [0.1, 0.15) is 0 Å². The highest BCUT2D eigenvalue weighted by molar-refractivity contribution is 5.39. The quantitative estimate of drug-likeness (QED) is 0.897. The molecule has 3 rings (SSSR count). The van der Waals surface area contributed by atoms with E-state index in [1.54, 1.807) is 4.68 Å². The zero-order valence-corrected chi connectivity index (χ0v) is 10.5. The molecule has 0 aliphatic carbocycles. The van der Waals surface area contributed by atoms with Crippen LogP contribution >= 0.6 is 0 Å². The fourth-order valence-electron chi connectivity index (χ4n) is 2.37. The van der Waals surface area contributed by atoms with E-state index in [-0.39, 0.29) is 6.10 Å². The van der Waals surface area contributed by atoms with Crippen molar-refractivity contribution in [2.75, 3.05) is 18.5 Å². The second-order valence-corrected chi connectivity index (χ2v) is 4.59. The number of hydrogen-bond acceptors (Lipinski definition) is 3. The number of rotatable bonds is 3. The standard InChI is InChI=1S/C14H17N3O/c1-17-10-12(8-16-17)15-9-14-13-5-3-2-4-11(13)6-7-18-14/h2-5,8,10,14-15H,6-7,9H2,1H3. The largest absolute Gasteiger partial charge is 0.380 e. The average Bonchev–Trinajstić information content (AvgIpc) is 2.82. The van der Waals surface area contributed by atoms with Crippen LogP contribution in [-0.2, 0) is 18.2 Å². The molecule has 0 spiro atoms. The second-order valence-electron chi connectivity index (χ2n) is 4.59. The topological polar surface area (TPSA) is 39.1 Å². The van der Waals surface area contributed by atoms with Gasteiger partial charge in [-0.2, -0.15) is 5.10 Å². The molecule has 0 bridgehead atoms. The number of nitrogens with one attached hydrogen (secondary N) is 1. The highest BCUT2D eigenvalue weighted by Gasteiger charge is 2.19. The van der Waals surface area contributed by atoms with Crippen LogP contribution in [-0.4, -0.2) is 22.9 Å². The summed E-state index contributed by atoms with van der Waals surface area (Å²) in [5.41, 5.74) is 3.74. The first-order valence-electron chi connectivity index (χ1n) is 6.25. The van der Waals surface area contributed by atoms with E-state index >= 15 is 0 Å². The number of anilines is 1. The molecule has 18 heavy (non-hydrogen) atoms. The van der Waals surface area contributed by atoms with Crippen molar-refractivity contribution in [3.63, 3.8) is 0 Å². The van der Waals surface area contributed by atoms with E-state index < -0.39 is 0 Å². The number of fused-ring (bicyclic) bond motifs is 1. The lowest BCUT2D eigenvalue weighted by atomic mass is 9.97. The Balaban J connectivity index is 1.71. The van der Waals surface area contributed by atoms with E-state index in [0.717, 1.165) is 25.3 Å². The van der Waals surface area contributed by atoms with Gasteiger partial charge in [-0.3, -0.25) is 4.68 Å². The van der Waals surface area contributed by atoms with E-state index in [1.165, 1.54) is 11.1 Å². The summed E-state index contributed by atoms with van der Waals surface area (Å²) in [5, 5.41) is 7.51. The first-order valence-corrected chi connectivity index (χ1v) is 6.25. The Morgan fingerprint density at radius 1 is 1.44 bits per heavy atom. The van der Waals surface area contributed by atoms with Gasteiger partial charge in [0.05, 0.1) is 24.6 Å². The van der Waals surface area contributed by atoms with Crippen LogP contribution in [0.4, 0.5) is 5.69 Å². The molecule has 0 fully saturated rings. The van der Waals surface area contributed by atoms with Crippen molar-refractivity contribution >= 4 is 5.69 Å². The van der Waals surface area contributed by atoms with Crippen LogP contribution in [0.2, 0.25) is 0 Å². The van der Waals surface area contributed by atoms with Crippen molar-refractivity contribution in [1.29, 1.82) is 0 Å². The molecule has 1 aromatic heterocycles. The summed E-state index contributed by atoms with van der Waals surface area (Å²) >= 11 is 0. The van der Waals surface area contributed by atoms with Crippen LogP contribution in [0.1, 0.15) is 17.2 Å². The molecule has 4 heteroatoms. The van der Waals surface area contributed by atoms with Crippen molar-refractivity contribution in [2.24, 2.45) is 7.05 Å². The minimum Gasteiger partial charge on any atom is -0.380 e. The van der Waals surface area contributed by atoms with Gasteiger partial charge in [0.25, 0.3) is 0 Å². The van der Waals surface area contributed by atoms with Crippen molar-refractivity contribution in [2.45, 2.75) is 12.5 Å². The van der Waals surface area contributed by atoms with Crippen molar-refractivity contribution in [3.05, 3.63) is 47.8 Å². The normalized spacial score (nSPS) is 18.4. The molecule has 0 amide bonds. The first-order chi connectivity index (χ1) is 8.83. The fraction of sp³-hybridized carbons (Fsp3) is 0.357. The number of nitrogens with zero attached hydrogens (tertiary/aromatic N) is 2. The summed E-state index contributed by atoms with van der Waals surface area (Å²) in [5.74, 6) is 0. The molecule has 1 atom stereocenters. The number of hydrogen-bond donors (Lipinski definition) is 1. The van der Waals surface area contributed by atoms with E-state index in [0.29, 0.717) is 0 Å². The number of benzene rings is 1. The highest BCUT2D eigenvalue weighted by Crippen LogP contribution is 2.27. The molecule has 0 radical (unpaired) electrons. The van der Waals surface area contributed by atoms with Crippen LogP contribution < -0.4 is 5.32 Å². The van der Waals surface area contributed by atoms with Gasteiger partial charge in [0, 0.05) is 19.8 Å². The van der Waals surface area contributed by atoms with Gasteiger partial charge in [-0.25, -0.2) is 0 Å². The van der Waals surface area contributed by atoms with Gasteiger partial charge in [0.15, 0.2) is 0 Å². The summed E-state index contributed by atoms with van der Waals surface area (Å²) < 4.78 is 7.63. The molecule has 0 saturated heterocycles. The maximum atomic E-state index is 5.84. The van der Waals surface area contributed by atoms with Crippen LogP contribution in [0.15, 0.2) is 36.7 Å². The monoisotopic (exact) mass is 243 g/mol. The predicted molar refractivity (Wildman–Crippen MR) is 70.5 cm³/mol. The number of aromatic nitrogens is 2. The minimum absolute atomic E-state index is 0.134. The smallest absolute Gasteiger partial charge is 0.0999 e. The Morgan fingerprint density at radius 3 is 3.17 bits per heavy atom. The molecule has 1 aromatic carbocycles. The molecule has 94 valence electrons. The fourth-order valence-corrected chi connectivity index (χ4v) is 2.37. The molecule has 1 N–H and O–H groups in total. The Hall–Kier alpha value is -1.81. The Bertz CT molecular complexity index is 535. The molecule has 1 unspecified atom stereocenters. The summed E-state index contributed by atoms with van der Waals surface area (Å²) in [6.45, 7) is 1.58. The first kappa shape index (κ1) is 11.3. The second kappa shape index (κ2) is 4.82. The third-order valence-corrected chi connectivity index (χ3v) is 3.29. The molecule has 0 saturated carbocycles. The van der Waals surface area contributed by atoms with Crippen molar-refractivity contribution in [3.8, 4) is 0 Å². The average molecular weight is 243 g/mol. The Morgan fingerprint density at radius 2 is 2.33 bits per heavy atom. The van der Waals surface area contributed by atoms with Crippen molar-refractivity contribution in [1.82, 2.24) is 9.78 Å². The van der Waals surface area contributed by atoms with Crippen LogP contribution in [0.3, 0.4) is 0 Å². The van der Waals surface area contributed by atoms with Gasteiger partial charge in [-0.15, -0.1) is 0 Å². The molecule has 1 aliphatic heterocycles. The maximum Gasteiger partial charge on any atom is 0.0999 e. The highest BCUT2D eigenvalue weighted by atomic mass is 16.5. The summed E-state index contributed by atoms with van der Waals surface area (Å²) in [6.07, 6.45) is 4.94. The molecular formula is C14H17N3O. The van der Waals surface area contributed by atoms with Gasteiger partial charge >= 0.3 is 0 Å². The third-order valence-electron chi connectivity index (χ3n) is 3.29. The number of aryl methyl sites for hydroxylation is 1. The Labute approximate surface area is 107 Å². The molecule has 1 aliphatic rings. The summed E-state index contributed by atoms with van der Waals surface area (Å²) in [7, 11) is 1.91. The molecule has 2 heterocycles. The lowest BCUT2D eigenvalue weighted by Crippen LogP contribution is -2.22. The maximum absolute atomic E-state index is 5.84. The predicted octanol–water partition coefficient (Wildman–Crippen LogP) is 2.15. The third kappa shape index (κ3) is 2.24. The molecule has 2 aromatic rings. The van der Waals surface area contributed by atoms with Gasteiger partial charge in [-0.05, 0) is 17.5 Å². The van der Waals surface area contributed by atoms with E-state index in [1.807, 2.05) is 19.4 Å². The molecule has 4 nitrogen and oxygen atoms in total. The summed E-state index contributed by atoms with van der Waals surface area (Å²) in [4.78, 5) is 0. The van der Waals surface area contributed by atoms with Gasteiger partial charge in [0.2, 0.25) is 0 Å². The lowest BCUT2D eigenvalue weighted by Gasteiger charge is -2.26. The van der Waals surface area contributed by atoms with Crippen LogP contribution in [0.5, 0.6) is 0 Å². The van der Waals surface area contributed by atoms with E-state index in [9.17, 15) is 0 Å². The SMILES string of the molecule is Cn1cc(NCC2OCCc3ccccc32)cn1. The van der Waals surface area contributed by atoms with Gasteiger partial charge in [-0.1, -0.05) is 24.3 Å². The van der Waals surface area contributed by atoms with Crippen LogP contribution in [0, 0.1) is 0 Å². The van der Waals surface area contributed by atoms with E-state index in [2.05, 4.69) is 34.7 Å². The lowest BCUT2D eigenvalue weighted by molar-refractivity contribution is 0.0513.